The van der Waals surface area contributed by atoms with Crippen molar-refractivity contribution in [3.63, 3.8) is 0 Å². The molecule has 0 bridgehead atoms. The zero-order valence-electron chi connectivity index (χ0n) is 8.39. The largest absolute Gasteiger partial charge is 0.315 e. The summed E-state index contributed by atoms with van der Waals surface area (Å²) in [4.78, 5) is 1.59. The van der Waals surface area contributed by atoms with E-state index in [-0.39, 0.29) is 0 Å². The standard InChI is InChI=1S/C11H17NS/c1-3-10-9(5-6-13-10)11(4-2)7-12-8-11/h5-6,12H,3-4,7-8H2,1-2H3. The molecule has 0 radical (unpaired) electrons. The molecule has 1 aliphatic heterocycles. The highest BCUT2D eigenvalue weighted by Crippen LogP contribution is 2.36. The van der Waals surface area contributed by atoms with Crippen LogP contribution < -0.4 is 5.32 Å². The van der Waals surface area contributed by atoms with E-state index in [4.69, 9.17) is 0 Å². The second kappa shape index (κ2) is 3.43. The first-order valence-corrected chi connectivity index (χ1v) is 5.98. The summed E-state index contributed by atoms with van der Waals surface area (Å²) in [5.41, 5.74) is 2.09. The first-order valence-electron chi connectivity index (χ1n) is 5.10. The van der Waals surface area contributed by atoms with Gasteiger partial charge in [-0.05, 0) is 29.9 Å². The highest BCUT2D eigenvalue weighted by Gasteiger charge is 2.38. The molecule has 2 heterocycles. The summed E-state index contributed by atoms with van der Waals surface area (Å²) in [6.45, 7) is 6.91. The van der Waals surface area contributed by atoms with Crippen LogP contribution >= 0.6 is 11.3 Å². The maximum absolute atomic E-state index is 3.40. The fourth-order valence-electron chi connectivity index (χ4n) is 2.14. The first kappa shape index (κ1) is 9.22. The van der Waals surface area contributed by atoms with Crippen molar-refractivity contribution in [3.05, 3.63) is 21.9 Å². The molecule has 1 aromatic rings. The fraction of sp³-hybridized carbons (Fsp3) is 0.636. The molecule has 2 rings (SSSR count). The maximum atomic E-state index is 3.40. The molecule has 13 heavy (non-hydrogen) atoms. The number of thiophene rings is 1. The molecule has 1 aliphatic rings. The van der Waals surface area contributed by atoms with Crippen LogP contribution in [0.4, 0.5) is 0 Å². The van der Waals surface area contributed by atoms with Crippen LogP contribution in [-0.4, -0.2) is 13.1 Å². The first-order chi connectivity index (χ1) is 6.32. The molecule has 1 aromatic heterocycles. The van der Waals surface area contributed by atoms with Crippen LogP contribution in [-0.2, 0) is 11.8 Å². The second-order valence-corrected chi connectivity index (χ2v) is 4.85. The lowest BCUT2D eigenvalue weighted by atomic mass is 9.73. The van der Waals surface area contributed by atoms with Gasteiger partial charge < -0.3 is 5.32 Å². The molecule has 0 saturated carbocycles. The lowest BCUT2D eigenvalue weighted by Crippen LogP contribution is -2.56. The Hall–Kier alpha value is -0.340. The SMILES string of the molecule is CCc1sccc1C1(CC)CNC1. The van der Waals surface area contributed by atoms with Crippen molar-refractivity contribution in [2.75, 3.05) is 13.1 Å². The van der Waals surface area contributed by atoms with Gasteiger partial charge in [0.25, 0.3) is 0 Å². The summed E-state index contributed by atoms with van der Waals surface area (Å²) >= 11 is 1.91. The molecule has 72 valence electrons. The number of hydrogen-bond donors (Lipinski definition) is 1. The van der Waals surface area contributed by atoms with Gasteiger partial charge in [0.2, 0.25) is 0 Å². The van der Waals surface area contributed by atoms with Gasteiger partial charge in [0.05, 0.1) is 0 Å². The molecule has 0 spiro atoms. The van der Waals surface area contributed by atoms with Crippen LogP contribution in [0.3, 0.4) is 0 Å². The van der Waals surface area contributed by atoms with Gasteiger partial charge in [0, 0.05) is 23.4 Å². The van der Waals surface area contributed by atoms with Crippen molar-refractivity contribution >= 4 is 11.3 Å². The van der Waals surface area contributed by atoms with Gasteiger partial charge >= 0.3 is 0 Å². The van der Waals surface area contributed by atoms with Gasteiger partial charge in [-0.2, -0.15) is 0 Å². The normalized spacial score (nSPS) is 19.8. The molecular weight excluding hydrogens is 178 g/mol. The zero-order valence-corrected chi connectivity index (χ0v) is 9.21. The molecule has 0 amide bonds. The van der Waals surface area contributed by atoms with Gasteiger partial charge in [-0.1, -0.05) is 13.8 Å². The van der Waals surface area contributed by atoms with Crippen LogP contribution in [0.15, 0.2) is 11.4 Å². The molecule has 0 unspecified atom stereocenters. The third kappa shape index (κ3) is 1.32. The predicted octanol–water partition coefficient (Wildman–Crippen LogP) is 2.56. The zero-order chi connectivity index (χ0) is 9.31. The van der Waals surface area contributed by atoms with Crippen molar-refractivity contribution in [2.24, 2.45) is 0 Å². The number of rotatable bonds is 3. The lowest BCUT2D eigenvalue weighted by molar-refractivity contribution is 0.267. The summed E-state index contributed by atoms with van der Waals surface area (Å²) in [7, 11) is 0. The summed E-state index contributed by atoms with van der Waals surface area (Å²) in [5.74, 6) is 0. The van der Waals surface area contributed by atoms with Gasteiger partial charge in [-0.15, -0.1) is 11.3 Å². The van der Waals surface area contributed by atoms with Crippen LogP contribution in [0.25, 0.3) is 0 Å². The Morgan fingerprint density at radius 2 is 2.23 bits per heavy atom. The van der Waals surface area contributed by atoms with E-state index in [0.29, 0.717) is 5.41 Å². The highest BCUT2D eigenvalue weighted by molar-refractivity contribution is 7.10. The quantitative estimate of drug-likeness (QED) is 0.781. The Bertz CT molecular complexity index is 281. The van der Waals surface area contributed by atoms with E-state index >= 15 is 0 Å². The van der Waals surface area contributed by atoms with Crippen LogP contribution in [0, 0.1) is 0 Å². The van der Waals surface area contributed by atoms with Gasteiger partial charge in [-0.3, -0.25) is 0 Å². The van der Waals surface area contributed by atoms with E-state index in [1.165, 1.54) is 25.9 Å². The van der Waals surface area contributed by atoms with Crippen molar-refractivity contribution in [3.8, 4) is 0 Å². The van der Waals surface area contributed by atoms with Gasteiger partial charge in [0.1, 0.15) is 0 Å². The Morgan fingerprint density at radius 1 is 1.46 bits per heavy atom. The molecule has 1 nitrogen and oxygen atoms in total. The minimum Gasteiger partial charge on any atom is -0.315 e. The Kier molecular flexibility index (Phi) is 2.43. The summed E-state index contributed by atoms with van der Waals surface area (Å²) in [6.07, 6.45) is 2.46. The fourth-order valence-corrected chi connectivity index (χ4v) is 3.09. The minimum absolute atomic E-state index is 0.478. The van der Waals surface area contributed by atoms with Crippen LogP contribution in [0.1, 0.15) is 30.7 Å². The monoisotopic (exact) mass is 195 g/mol. The predicted molar refractivity (Wildman–Crippen MR) is 58.5 cm³/mol. The third-order valence-corrected chi connectivity index (χ3v) is 4.31. The molecule has 1 saturated heterocycles. The topological polar surface area (TPSA) is 12.0 Å². The Balaban J connectivity index is 2.32. The summed E-state index contributed by atoms with van der Waals surface area (Å²) in [5, 5.41) is 5.64. The minimum atomic E-state index is 0.478. The molecule has 1 fully saturated rings. The van der Waals surface area contributed by atoms with Crippen molar-refractivity contribution in [2.45, 2.75) is 32.1 Å². The van der Waals surface area contributed by atoms with Crippen molar-refractivity contribution in [1.29, 1.82) is 0 Å². The number of aryl methyl sites for hydroxylation is 1. The van der Waals surface area contributed by atoms with E-state index in [9.17, 15) is 0 Å². The molecular formula is C11H17NS. The smallest absolute Gasteiger partial charge is 0.0211 e. The number of hydrogen-bond acceptors (Lipinski definition) is 2. The van der Waals surface area contributed by atoms with Crippen molar-refractivity contribution in [1.82, 2.24) is 5.32 Å². The molecule has 0 aromatic carbocycles. The molecule has 0 aliphatic carbocycles. The van der Waals surface area contributed by atoms with E-state index in [2.05, 4.69) is 30.6 Å². The summed E-state index contributed by atoms with van der Waals surface area (Å²) < 4.78 is 0. The molecule has 0 atom stereocenters. The van der Waals surface area contributed by atoms with E-state index in [1.54, 1.807) is 10.4 Å². The second-order valence-electron chi connectivity index (χ2n) is 3.85. The third-order valence-electron chi connectivity index (χ3n) is 3.24. The van der Waals surface area contributed by atoms with Gasteiger partial charge in [-0.25, -0.2) is 0 Å². The average molecular weight is 195 g/mol. The van der Waals surface area contributed by atoms with E-state index in [1.807, 2.05) is 11.3 Å². The van der Waals surface area contributed by atoms with E-state index in [0.717, 1.165) is 0 Å². The van der Waals surface area contributed by atoms with Gasteiger partial charge in [0.15, 0.2) is 0 Å². The Labute approximate surface area is 84.2 Å². The summed E-state index contributed by atoms with van der Waals surface area (Å²) in [6, 6.07) is 2.33. The maximum Gasteiger partial charge on any atom is 0.0211 e. The Morgan fingerprint density at radius 3 is 2.69 bits per heavy atom. The molecule has 1 N–H and O–H groups in total. The number of nitrogens with one attached hydrogen (secondary N) is 1. The molecule has 2 heteroatoms. The van der Waals surface area contributed by atoms with Crippen LogP contribution in [0.5, 0.6) is 0 Å². The van der Waals surface area contributed by atoms with Crippen LogP contribution in [0.2, 0.25) is 0 Å². The highest BCUT2D eigenvalue weighted by atomic mass is 32.1. The van der Waals surface area contributed by atoms with E-state index < -0.39 is 0 Å². The lowest BCUT2D eigenvalue weighted by Gasteiger charge is -2.42. The average Bonchev–Trinajstić information content (AvgIpc) is 2.52. The van der Waals surface area contributed by atoms with Crippen molar-refractivity contribution < 1.29 is 0 Å².